The van der Waals surface area contributed by atoms with Gasteiger partial charge in [-0.2, -0.15) is 0 Å². The Morgan fingerprint density at radius 2 is 2.15 bits per heavy atom. The summed E-state index contributed by atoms with van der Waals surface area (Å²) in [5.41, 5.74) is 1.04. The molecule has 0 saturated heterocycles. The lowest BCUT2D eigenvalue weighted by Crippen LogP contribution is -2.22. The van der Waals surface area contributed by atoms with E-state index in [0.29, 0.717) is 4.47 Å². The first-order valence-electron chi connectivity index (χ1n) is 7.48. The molecule has 1 aromatic carbocycles. The van der Waals surface area contributed by atoms with Gasteiger partial charge in [0.15, 0.2) is 0 Å². The zero-order valence-corrected chi connectivity index (χ0v) is 13.9. The largest absolute Gasteiger partial charge is 0.310 e. The second kappa shape index (κ2) is 10.1. The quantitative estimate of drug-likeness (QED) is 0.421. The summed E-state index contributed by atoms with van der Waals surface area (Å²) < 4.78 is 14.2. The molecule has 3 heteroatoms. The van der Waals surface area contributed by atoms with Crippen molar-refractivity contribution in [3.8, 4) is 0 Å². The molecule has 0 radical (unpaired) electrons. The van der Waals surface area contributed by atoms with E-state index in [1.807, 2.05) is 12.1 Å². The molecule has 0 aromatic heterocycles. The van der Waals surface area contributed by atoms with Gasteiger partial charge in [0, 0.05) is 6.04 Å². The minimum Gasteiger partial charge on any atom is -0.310 e. The summed E-state index contributed by atoms with van der Waals surface area (Å²) in [5, 5.41) is 3.52. The number of halogens is 2. The number of hydrogen-bond donors (Lipinski definition) is 1. The van der Waals surface area contributed by atoms with Gasteiger partial charge >= 0.3 is 0 Å². The summed E-state index contributed by atoms with van der Waals surface area (Å²) in [7, 11) is 0. The van der Waals surface area contributed by atoms with Crippen LogP contribution in [0.1, 0.15) is 57.1 Å². The molecule has 112 valence electrons. The van der Waals surface area contributed by atoms with Gasteiger partial charge in [0.25, 0.3) is 0 Å². The average Bonchev–Trinajstić information content (AvgIpc) is 2.45. The maximum atomic E-state index is 13.7. The molecule has 0 spiro atoms. The van der Waals surface area contributed by atoms with Gasteiger partial charge in [0.05, 0.1) is 4.47 Å². The number of hydrogen-bond acceptors (Lipinski definition) is 1. The molecule has 1 N–H and O–H groups in total. The van der Waals surface area contributed by atoms with Gasteiger partial charge in [-0.1, -0.05) is 31.9 Å². The molecule has 0 heterocycles. The molecule has 0 aliphatic carbocycles. The van der Waals surface area contributed by atoms with E-state index >= 15 is 0 Å². The topological polar surface area (TPSA) is 12.0 Å². The molecule has 0 saturated carbocycles. The number of benzene rings is 1. The van der Waals surface area contributed by atoms with Gasteiger partial charge in [-0.05, 0) is 65.9 Å². The summed E-state index contributed by atoms with van der Waals surface area (Å²) in [5.74, 6) is -0.183. The monoisotopic (exact) mass is 341 g/mol. The third-order valence-corrected chi connectivity index (χ3v) is 4.03. The third kappa shape index (κ3) is 6.19. The van der Waals surface area contributed by atoms with Crippen molar-refractivity contribution in [1.29, 1.82) is 0 Å². The maximum Gasteiger partial charge on any atom is 0.137 e. The highest BCUT2D eigenvalue weighted by Gasteiger charge is 2.12. The SMILES string of the molecule is C=CCCCCCC(NCCC)c1ccc(Br)c(F)c1. The molecular weight excluding hydrogens is 317 g/mol. The van der Waals surface area contributed by atoms with Crippen LogP contribution in [0, 0.1) is 5.82 Å². The van der Waals surface area contributed by atoms with Crippen LogP contribution in [0.3, 0.4) is 0 Å². The van der Waals surface area contributed by atoms with Crippen LogP contribution in [0.15, 0.2) is 35.3 Å². The Hall–Kier alpha value is -0.670. The second-order valence-corrected chi connectivity index (χ2v) is 5.96. The molecule has 1 unspecified atom stereocenters. The summed E-state index contributed by atoms with van der Waals surface area (Å²) in [6.07, 6.45) is 8.75. The fraction of sp³-hybridized carbons (Fsp3) is 0.529. The number of rotatable bonds is 10. The molecule has 0 amide bonds. The molecule has 0 fully saturated rings. The van der Waals surface area contributed by atoms with Gasteiger partial charge in [-0.3, -0.25) is 0 Å². The Balaban J connectivity index is 2.57. The Labute approximate surface area is 130 Å². The van der Waals surface area contributed by atoms with Crippen molar-refractivity contribution in [2.45, 2.75) is 51.5 Å². The maximum absolute atomic E-state index is 13.7. The van der Waals surface area contributed by atoms with Crippen LogP contribution in [0.5, 0.6) is 0 Å². The van der Waals surface area contributed by atoms with Crippen molar-refractivity contribution in [3.63, 3.8) is 0 Å². The van der Waals surface area contributed by atoms with Crippen LogP contribution in [-0.4, -0.2) is 6.54 Å². The first-order chi connectivity index (χ1) is 9.69. The van der Waals surface area contributed by atoms with Crippen LogP contribution in [-0.2, 0) is 0 Å². The number of allylic oxidation sites excluding steroid dienone is 1. The minimum atomic E-state index is -0.183. The molecule has 1 aromatic rings. The van der Waals surface area contributed by atoms with Crippen LogP contribution < -0.4 is 5.32 Å². The highest BCUT2D eigenvalue weighted by Crippen LogP contribution is 2.24. The van der Waals surface area contributed by atoms with Crippen LogP contribution in [0.4, 0.5) is 4.39 Å². The van der Waals surface area contributed by atoms with E-state index in [9.17, 15) is 4.39 Å². The second-order valence-electron chi connectivity index (χ2n) is 5.11. The fourth-order valence-electron chi connectivity index (χ4n) is 2.25. The summed E-state index contributed by atoms with van der Waals surface area (Å²) in [6, 6.07) is 5.69. The van der Waals surface area contributed by atoms with Crippen molar-refractivity contribution in [1.82, 2.24) is 5.32 Å². The van der Waals surface area contributed by atoms with E-state index in [-0.39, 0.29) is 11.9 Å². The molecular formula is C17H25BrFN. The molecule has 1 rings (SSSR count). The Morgan fingerprint density at radius 1 is 1.35 bits per heavy atom. The smallest absolute Gasteiger partial charge is 0.137 e. The van der Waals surface area contributed by atoms with Crippen molar-refractivity contribution in [2.24, 2.45) is 0 Å². The lowest BCUT2D eigenvalue weighted by Gasteiger charge is -2.19. The van der Waals surface area contributed by atoms with Crippen LogP contribution in [0.25, 0.3) is 0 Å². The highest BCUT2D eigenvalue weighted by molar-refractivity contribution is 9.10. The first-order valence-corrected chi connectivity index (χ1v) is 8.27. The number of unbranched alkanes of at least 4 members (excludes halogenated alkanes) is 3. The van der Waals surface area contributed by atoms with Crippen molar-refractivity contribution >= 4 is 15.9 Å². The van der Waals surface area contributed by atoms with E-state index in [4.69, 9.17) is 0 Å². The Morgan fingerprint density at radius 3 is 2.80 bits per heavy atom. The molecule has 0 bridgehead atoms. The molecule has 1 atom stereocenters. The van der Waals surface area contributed by atoms with Gasteiger partial charge in [-0.25, -0.2) is 4.39 Å². The molecule has 0 aliphatic rings. The van der Waals surface area contributed by atoms with Gasteiger partial charge in [0.2, 0.25) is 0 Å². The van der Waals surface area contributed by atoms with Crippen LogP contribution >= 0.6 is 15.9 Å². The van der Waals surface area contributed by atoms with E-state index in [2.05, 4.69) is 34.7 Å². The van der Waals surface area contributed by atoms with Gasteiger partial charge in [0.1, 0.15) is 5.82 Å². The highest BCUT2D eigenvalue weighted by atomic mass is 79.9. The minimum absolute atomic E-state index is 0.183. The normalized spacial score (nSPS) is 12.3. The fourth-order valence-corrected chi connectivity index (χ4v) is 2.49. The summed E-state index contributed by atoms with van der Waals surface area (Å²) in [6.45, 7) is 6.86. The summed E-state index contributed by atoms with van der Waals surface area (Å²) >= 11 is 3.21. The van der Waals surface area contributed by atoms with E-state index in [0.717, 1.165) is 37.8 Å². The third-order valence-electron chi connectivity index (χ3n) is 3.39. The van der Waals surface area contributed by atoms with Crippen molar-refractivity contribution < 1.29 is 4.39 Å². The predicted molar refractivity (Wildman–Crippen MR) is 88.4 cm³/mol. The summed E-state index contributed by atoms with van der Waals surface area (Å²) in [4.78, 5) is 0. The van der Waals surface area contributed by atoms with E-state index < -0.39 is 0 Å². The first kappa shape index (κ1) is 17.4. The molecule has 20 heavy (non-hydrogen) atoms. The zero-order valence-electron chi connectivity index (χ0n) is 12.3. The average molecular weight is 342 g/mol. The van der Waals surface area contributed by atoms with Crippen LogP contribution in [0.2, 0.25) is 0 Å². The molecule has 1 nitrogen and oxygen atoms in total. The standard InChI is InChI=1S/C17H25BrFN/c1-3-5-6-7-8-9-17(20-12-4-2)14-10-11-15(18)16(19)13-14/h3,10-11,13,17,20H,1,4-9,12H2,2H3. The lowest BCUT2D eigenvalue weighted by molar-refractivity contribution is 0.469. The Bertz CT molecular complexity index is 406. The van der Waals surface area contributed by atoms with Crippen molar-refractivity contribution in [3.05, 3.63) is 46.7 Å². The van der Waals surface area contributed by atoms with E-state index in [1.54, 1.807) is 12.1 Å². The molecule has 0 aliphatic heterocycles. The number of nitrogens with one attached hydrogen (secondary N) is 1. The predicted octanol–water partition coefficient (Wildman–Crippen LogP) is 5.77. The van der Waals surface area contributed by atoms with E-state index in [1.165, 1.54) is 12.8 Å². The Kier molecular flexibility index (Phi) is 8.79. The van der Waals surface area contributed by atoms with Gasteiger partial charge < -0.3 is 5.32 Å². The lowest BCUT2D eigenvalue weighted by atomic mass is 9.99. The van der Waals surface area contributed by atoms with Gasteiger partial charge in [-0.15, -0.1) is 6.58 Å². The van der Waals surface area contributed by atoms with Crippen molar-refractivity contribution in [2.75, 3.05) is 6.54 Å². The zero-order chi connectivity index (χ0) is 14.8.